The summed E-state index contributed by atoms with van der Waals surface area (Å²) in [5.41, 5.74) is 1.68. The highest BCUT2D eigenvalue weighted by molar-refractivity contribution is 5.79. The van der Waals surface area contributed by atoms with Crippen molar-refractivity contribution in [3.8, 4) is 0 Å². The van der Waals surface area contributed by atoms with Gasteiger partial charge in [0.2, 0.25) is 5.91 Å². The van der Waals surface area contributed by atoms with Crippen molar-refractivity contribution < 1.29 is 9.72 Å². The predicted octanol–water partition coefficient (Wildman–Crippen LogP) is 2.70. The minimum Gasteiger partial charge on any atom is -0.333 e. The molecule has 0 saturated carbocycles. The van der Waals surface area contributed by atoms with Gasteiger partial charge in [0.1, 0.15) is 0 Å². The summed E-state index contributed by atoms with van der Waals surface area (Å²) >= 11 is 0. The Kier molecular flexibility index (Phi) is 6.49. The number of amides is 1. The second kappa shape index (κ2) is 9.23. The number of pyridine rings is 1. The Balaban J connectivity index is 1.75. The molecule has 27 heavy (non-hydrogen) atoms. The van der Waals surface area contributed by atoms with Crippen molar-refractivity contribution in [2.75, 3.05) is 13.1 Å². The van der Waals surface area contributed by atoms with Gasteiger partial charge in [0.15, 0.2) is 0 Å². The first-order chi connectivity index (χ1) is 13.1. The lowest BCUT2D eigenvalue weighted by atomic mass is 10.0. The zero-order valence-electron chi connectivity index (χ0n) is 15.2. The summed E-state index contributed by atoms with van der Waals surface area (Å²) in [6.45, 7) is 2.36. The van der Waals surface area contributed by atoms with E-state index < -0.39 is 4.92 Å². The van der Waals surface area contributed by atoms with Gasteiger partial charge in [-0.3, -0.25) is 19.9 Å². The molecule has 1 aromatic carbocycles. The summed E-state index contributed by atoms with van der Waals surface area (Å²) in [5, 5.41) is 14.2. The molecule has 0 aliphatic carbocycles. The molecule has 0 spiro atoms. The number of carbonyl (C=O) groups excluding carboxylic acids is 1. The number of carbonyl (C=O) groups is 1. The summed E-state index contributed by atoms with van der Waals surface area (Å²) < 4.78 is 0. The molecule has 2 aromatic rings. The molecule has 1 saturated heterocycles. The second-order valence-corrected chi connectivity index (χ2v) is 6.78. The zero-order valence-corrected chi connectivity index (χ0v) is 15.2. The first kappa shape index (κ1) is 19.0. The van der Waals surface area contributed by atoms with E-state index in [1.807, 2.05) is 23.1 Å². The van der Waals surface area contributed by atoms with Crippen LogP contribution in [-0.2, 0) is 17.8 Å². The summed E-state index contributed by atoms with van der Waals surface area (Å²) in [5.74, 6) is 0.0291. The van der Waals surface area contributed by atoms with Crippen LogP contribution < -0.4 is 5.32 Å². The maximum absolute atomic E-state index is 13.1. The molecule has 1 atom stereocenters. The third-order valence-corrected chi connectivity index (χ3v) is 4.87. The van der Waals surface area contributed by atoms with Crippen molar-refractivity contribution >= 4 is 11.6 Å². The number of aromatic nitrogens is 1. The van der Waals surface area contributed by atoms with Gasteiger partial charge < -0.3 is 10.2 Å². The van der Waals surface area contributed by atoms with E-state index in [1.165, 1.54) is 12.1 Å². The van der Waals surface area contributed by atoms with Crippen molar-refractivity contribution in [2.24, 2.45) is 0 Å². The fourth-order valence-corrected chi connectivity index (χ4v) is 3.41. The fourth-order valence-electron chi connectivity index (χ4n) is 3.41. The van der Waals surface area contributed by atoms with Gasteiger partial charge in [-0.2, -0.15) is 0 Å². The number of nitro benzene ring substituents is 1. The Morgan fingerprint density at radius 1 is 1.19 bits per heavy atom. The Morgan fingerprint density at radius 2 is 2.00 bits per heavy atom. The van der Waals surface area contributed by atoms with Crippen molar-refractivity contribution in [2.45, 2.75) is 38.3 Å². The average Bonchev–Trinajstić information content (AvgIpc) is 2.96. The maximum atomic E-state index is 13.1. The third kappa shape index (κ3) is 5.34. The zero-order chi connectivity index (χ0) is 19.1. The lowest BCUT2D eigenvalue weighted by Crippen LogP contribution is -2.41. The van der Waals surface area contributed by atoms with E-state index in [2.05, 4.69) is 10.3 Å². The smallest absolute Gasteiger partial charge is 0.269 e. The SMILES string of the molecule is O=C(Cc1ccc([N+](=O)[O-])cc1)N(Cc1ccccn1)C1CCCNCC1. The number of nitrogens with one attached hydrogen (secondary N) is 1. The number of nitrogens with zero attached hydrogens (tertiary/aromatic N) is 3. The number of rotatable bonds is 6. The predicted molar refractivity (Wildman–Crippen MR) is 102 cm³/mol. The fraction of sp³-hybridized carbons (Fsp3) is 0.400. The van der Waals surface area contributed by atoms with E-state index in [4.69, 9.17) is 0 Å². The lowest BCUT2D eigenvalue weighted by Gasteiger charge is -2.31. The molecular formula is C20H24N4O3. The van der Waals surface area contributed by atoms with Crippen LogP contribution in [0.4, 0.5) is 5.69 Å². The van der Waals surface area contributed by atoms with Gasteiger partial charge >= 0.3 is 0 Å². The van der Waals surface area contributed by atoms with Crippen LogP contribution in [0.25, 0.3) is 0 Å². The summed E-state index contributed by atoms with van der Waals surface area (Å²) in [6.07, 6.45) is 4.89. The van der Waals surface area contributed by atoms with E-state index in [0.717, 1.165) is 43.6 Å². The summed E-state index contributed by atoms with van der Waals surface area (Å²) in [7, 11) is 0. The van der Waals surface area contributed by atoms with Gasteiger partial charge in [0, 0.05) is 24.4 Å². The number of hydrogen-bond acceptors (Lipinski definition) is 5. The van der Waals surface area contributed by atoms with Gasteiger partial charge in [-0.25, -0.2) is 0 Å². The highest BCUT2D eigenvalue weighted by atomic mass is 16.6. The van der Waals surface area contributed by atoms with Crippen molar-refractivity contribution in [3.05, 3.63) is 70.0 Å². The van der Waals surface area contributed by atoms with Crippen LogP contribution in [0.5, 0.6) is 0 Å². The number of non-ortho nitro benzene ring substituents is 1. The van der Waals surface area contributed by atoms with Crippen LogP contribution in [0.2, 0.25) is 0 Å². The largest absolute Gasteiger partial charge is 0.333 e. The summed E-state index contributed by atoms with van der Waals surface area (Å²) in [4.78, 5) is 29.8. The highest BCUT2D eigenvalue weighted by Crippen LogP contribution is 2.19. The number of benzene rings is 1. The van der Waals surface area contributed by atoms with E-state index in [1.54, 1.807) is 18.3 Å². The van der Waals surface area contributed by atoms with Crippen LogP contribution >= 0.6 is 0 Å². The standard InChI is InChI=1S/C20H24N4O3/c25-20(14-16-6-8-19(9-7-16)24(26)27)23(15-17-4-1-2-12-22-17)18-5-3-11-21-13-10-18/h1-2,4,6-9,12,18,21H,3,5,10-11,13-15H2. The first-order valence-electron chi connectivity index (χ1n) is 9.27. The van der Waals surface area contributed by atoms with Crippen LogP contribution in [0.1, 0.15) is 30.5 Å². The van der Waals surface area contributed by atoms with Gasteiger partial charge in [-0.05, 0) is 50.0 Å². The van der Waals surface area contributed by atoms with Crippen LogP contribution in [0.3, 0.4) is 0 Å². The number of hydrogen-bond donors (Lipinski definition) is 1. The Labute approximate surface area is 158 Å². The normalized spacial score (nSPS) is 17.1. The molecule has 1 N–H and O–H groups in total. The summed E-state index contributed by atoms with van der Waals surface area (Å²) in [6, 6.07) is 12.1. The minimum absolute atomic E-state index is 0.0291. The molecule has 0 bridgehead atoms. The monoisotopic (exact) mass is 368 g/mol. The van der Waals surface area contributed by atoms with Gasteiger partial charge in [0.25, 0.3) is 5.69 Å². The topological polar surface area (TPSA) is 88.4 Å². The molecular weight excluding hydrogens is 344 g/mol. The van der Waals surface area contributed by atoms with Crippen LogP contribution in [0, 0.1) is 10.1 Å². The van der Waals surface area contributed by atoms with E-state index in [-0.39, 0.29) is 24.1 Å². The molecule has 1 aliphatic rings. The molecule has 1 amide bonds. The molecule has 7 nitrogen and oxygen atoms in total. The minimum atomic E-state index is -0.433. The highest BCUT2D eigenvalue weighted by Gasteiger charge is 2.25. The quantitative estimate of drug-likeness (QED) is 0.626. The van der Waals surface area contributed by atoms with E-state index >= 15 is 0 Å². The Hall–Kier alpha value is -2.80. The third-order valence-electron chi connectivity index (χ3n) is 4.87. The van der Waals surface area contributed by atoms with Crippen LogP contribution in [0.15, 0.2) is 48.7 Å². The first-order valence-corrected chi connectivity index (χ1v) is 9.27. The molecule has 1 unspecified atom stereocenters. The van der Waals surface area contributed by atoms with Crippen molar-refractivity contribution in [3.63, 3.8) is 0 Å². The lowest BCUT2D eigenvalue weighted by molar-refractivity contribution is -0.384. The van der Waals surface area contributed by atoms with E-state index in [0.29, 0.717) is 6.54 Å². The van der Waals surface area contributed by atoms with Crippen molar-refractivity contribution in [1.29, 1.82) is 0 Å². The molecule has 1 aromatic heterocycles. The molecule has 0 radical (unpaired) electrons. The molecule has 3 rings (SSSR count). The number of nitro groups is 1. The Bertz CT molecular complexity index is 757. The molecule has 7 heteroatoms. The van der Waals surface area contributed by atoms with E-state index in [9.17, 15) is 14.9 Å². The molecule has 1 aliphatic heterocycles. The van der Waals surface area contributed by atoms with Gasteiger partial charge in [-0.15, -0.1) is 0 Å². The van der Waals surface area contributed by atoms with Gasteiger partial charge in [0.05, 0.1) is 23.6 Å². The molecule has 1 fully saturated rings. The van der Waals surface area contributed by atoms with Crippen LogP contribution in [-0.4, -0.2) is 39.8 Å². The maximum Gasteiger partial charge on any atom is 0.269 e. The molecule has 142 valence electrons. The second-order valence-electron chi connectivity index (χ2n) is 6.78. The van der Waals surface area contributed by atoms with Crippen molar-refractivity contribution in [1.82, 2.24) is 15.2 Å². The Morgan fingerprint density at radius 3 is 2.70 bits per heavy atom. The van der Waals surface area contributed by atoms with Gasteiger partial charge in [-0.1, -0.05) is 18.2 Å². The average molecular weight is 368 g/mol. The molecule has 2 heterocycles.